The highest BCUT2D eigenvalue weighted by atomic mass is 35.5. The first kappa shape index (κ1) is 14.7. The Morgan fingerprint density at radius 3 is 2.58 bits per heavy atom. The molecular weight excluding hydrogens is 339 g/mol. The number of rotatable bonds is 3. The van der Waals surface area contributed by atoms with E-state index >= 15 is 0 Å². The van der Waals surface area contributed by atoms with Crippen molar-refractivity contribution in [3.05, 3.63) is 38.8 Å². The summed E-state index contributed by atoms with van der Waals surface area (Å²) in [5.41, 5.74) is -3.88. The third-order valence-electron chi connectivity index (χ3n) is 1.90. The van der Waals surface area contributed by atoms with Crippen LogP contribution in [0.3, 0.4) is 0 Å². The van der Waals surface area contributed by atoms with Gasteiger partial charge in [0, 0.05) is 10.6 Å². The first-order valence-electron chi connectivity index (χ1n) is 4.76. The quantitative estimate of drug-likeness (QED) is 0.615. The van der Waals surface area contributed by atoms with Gasteiger partial charge in [-0.2, -0.15) is 13.2 Å². The van der Waals surface area contributed by atoms with Crippen molar-refractivity contribution in [1.82, 2.24) is 0 Å². The zero-order valence-corrected chi connectivity index (χ0v) is 12.2. The number of halogens is 4. The maximum absolute atomic E-state index is 12.3. The molecule has 0 saturated heterocycles. The number of hydrogen-bond donors (Lipinski definition) is 1. The summed E-state index contributed by atoms with van der Waals surface area (Å²) >= 11 is 5.57. The van der Waals surface area contributed by atoms with E-state index in [2.05, 4.69) is 5.32 Å². The lowest BCUT2D eigenvalue weighted by atomic mass is 10.3. The predicted molar refractivity (Wildman–Crippen MR) is 75.1 cm³/mol. The van der Waals surface area contributed by atoms with Crippen LogP contribution in [0.1, 0.15) is 0 Å². The highest BCUT2D eigenvalue weighted by Gasteiger charge is 2.29. The van der Waals surface area contributed by atoms with Crippen LogP contribution in [0.25, 0.3) is 0 Å². The molecule has 0 amide bonds. The normalized spacial score (nSPS) is 11.6. The molecule has 0 bridgehead atoms. The Labute approximate surface area is 122 Å². The van der Waals surface area contributed by atoms with E-state index in [-0.39, 0.29) is 26.4 Å². The predicted octanol–water partition coefficient (Wildman–Crippen LogP) is 5.18. The summed E-state index contributed by atoms with van der Waals surface area (Å²) in [6.45, 7) is 0. The third-order valence-corrected chi connectivity index (χ3v) is 5.33. The van der Waals surface area contributed by atoms with Crippen molar-refractivity contribution < 1.29 is 13.2 Å². The van der Waals surface area contributed by atoms with Crippen LogP contribution in [0, 0.1) is 0 Å². The lowest BCUT2D eigenvalue weighted by Gasteiger charge is -2.08. The Hall–Kier alpha value is -0.700. The smallest absolute Gasteiger partial charge is 0.345 e. The average molecular weight is 344 g/mol. The van der Waals surface area contributed by atoms with Crippen LogP contribution < -0.4 is 10.1 Å². The van der Waals surface area contributed by atoms with Gasteiger partial charge in [-0.1, -0.05) is 28.0 Å². The van der Waals surface area contributed by atoms with Gasteiger partial charge in [-0.25, -0.2) is 0 Å². The van der Waals surface area contributed by atoms with Crippen LogP contribution in [0.5, 0.6) is 0 Å². The summed E-state index contributed by atoms with van der Waals surface area (Å²) in [7, 11) is 2.12. The molecule has 0 unspecified atom stereocenters. The second kappa shape index (κ2) is 5.74. The summed E-state index contributed by atoms with van der Waals surface area (Å²) < 4.78 is 36.5. The van der Waals surface area contributed by atoms with Crippen molar-refractivity contribution in [1.29, 1.82) is 0 Å². The number of thioether (sulfide) groups is 1. The molecule has 1 aromatic carbocycles. The summed E-state index contributed by atoms with van der Waals surface area (Å²) in [4.78, 5) is 11.3. The molecule has 1 N–H and O–H groups in total. The molecule has 2 rings (SSSR count). The molecule has 102 valence electrons. The molecule has 1 aromatic heterocycles. The van der Waals surface area contributed by atoms with Crippen LogP contribution in [-0.4, -0.2) is 5.51 Å². The van der Waals surface area contributed by atoms with E-state index in [0.717, 1.165) is 20.7 Å². The first-order chi connectivity index (χ1) is 8.85. The van der Waals surface area contributed by atoms with Gasteiger partial charge in [-0.05, 0) is 40.3 Å². The summed E-state index contributed by atoms with van der Waals surface area (Å²) in [6, 6.07) is 5.81. The fourth-order valence-corrected chi connectivity index (χ4v) is 4.20. The van der Waals surface area contributed by atoms with Crippen molar-refractivity contribution in [2.75, 3.05) is 5.32 Å². The molecule has 9 heteroatoms. The van der Waals surface area contributed by atoms with Crippen molar-refractivity contribution in [3.63, 3.8) is 0 Å². The molecule has 0 spiro atoms. The zero-order chi connectivity index (χ0) is 14.0. The summed E-state index contributed by atoms with van der Waals surface area (Å²) in [5, 5.41) is 3.33. The largest absolute Gasteiger partial charge is 0.446 e. The van der Waals surface area contributed by atoms with Crippen LogP contribution in [0.15, 0.2) is 34.0 Å². The van der Waals surface area contributed by atoms with Gasteiger partial charge in [0.2, 0.25) is 0 Å². The molecular formula is C10H5ClF3NOS3. The van der Waals surface area contributed by atoms with Gasteiger partial charge in [0.1, 0.15) is 10.0 Å². The van der Waals surface area contributed by atoms with Gasteiger partial charge in [0.25, 0.3) is 4.74 Å². The van der Waals surface area contributed by atoms with Crippen LogP contribution in [0.4, 0.5) is 23.9 Å². The maximum Gasteiger partial charge on any atom is 0.446 e. The van der Waals surface area contributed by atoms with Crippen molar-refractivity contribution in [2.45, 2.75) is 10.4 Å². The molecule has 0 fully saturated rings. The Kier molecular flexibility index (Phi) is 4.44. The zero-order valence-electron chi connectivity index (χ0n) is 8.95. The molecule has 0 radical (unpaired) electrons. The van der Waals surface area contributed by atoms with Gasteiger partial charge < -0.3 is 5.32 Å². The Morgan fingerprint density at radius 2 is 2.00 bits per heavy atom. The molecule has 0 aliphatic heterocycles. The van der Waals surface area contributed by atoms with E-state index in [1.54, 1.807) is 6.07 Å². The van der Waals surface area contributed by atoms with Crippen molar-refractivity contribution >= 4 is 54.7 Å². The monoisotopic (exact) mass is 343 g/mol. The highest BCUT2D eigenvalue weighted by molar-refractivity contribution is 8.00. The highest BCUT2D eigenvalue weighted by Crippen LogP contribution is 2.38. The fraction of sp³-hybridized carbons (Fsp3) is 0.100. The van der Waals surface area contributed by atoms with Crippen LogP contribution in [-0.2, 0) is 0 Å². The molecule has 2 nitrogen and oxygen atoms in total. The Balaban J connectivity index is 2.20. The Morgan fingerprint density at radius 1 is 1.26 bits per heavy atom. The second-order valence-corrected chi connectivity index (χ2v) is 6.93. The first-order valence-corrected chi connectivity index (χ1v) is 8.11. The van der Waals surface area contributed by atoms with Gasteiger partial charge in [0.15, 0.2) is 0 Å². The number of anilines is 2. The standard InChI is InChI=1S/C10H5ClF3NOS3/c11-7-8(18-19-9(7)16)15-5-2-1-3-6(4-5)17-10(12,13)14/h1-4,15H. The van der Waals surface area contributed by atoms with Crippen LogP contribution in [0.2, 0.25) is 5.02 Å². The minimum absolute atomic E-state index is 0.0591. The SMILES string of the molecule is O=c1ssc(Nc2cccc(SC(F)(F)F)c2)c1Cl. The lowest BCUT2D eigenvalue weighted by Crippen LogP contribution is -1.99. The van der Waals surface area contributed by atoms with Crippen LogP contribution >= 0.6 is 44.0 Å². The number of benzene rings is 1. The average Bonchev–Trinajstić information content (AvgIpc) is 2.59. The van der Waals surface area contributed by atoms with E-state index in [1.807, 2.05) is 0 Å². The molecule has 0 saturated carbocycles. The second-order valence-electron chi connectivity index (χ2n) is 3.30. The van der Waals surface area contributed by atoms with E-state index < -0.39 is 5.51 Å². The minimum atomic E-state index is -4.33. The minimum Gasteiger partial charge on any atom is -0.345 e. The number of alkyl halides is 3. The lowest BCUT2D eigenvalue weighted by molar-refractivity contribution is -0.0328. The van der Waals surface area contributed by atoms with Gasteiger partial charge in [-0.15, -0.1) is 0 Å². The maximum atomic E-state index is 12.3. The Bertz CT molecular complexity index is 637. The van der Waals surface area contributed by atoms with E-state index in [0.29, 0.717) is 10.7 Å². The van der Waals surface area contributed by atoms with Crippen molar-refractivity contribution in [3.8, 4) is 0 Å². The molecule has 0 atom stereocenters. The topological polar surface area (TPSA) is 29.1 Å². The van der Waals surface area contributed by atoms with E-state index in [9.17, 15) is 18.0 Å². The van der Waals surface area contributed by atoms with Crippen molar-refractivity contribution in [2.24, 2.45) is 0 Å². The molecule has 0 aliphatic carbocycles. The molecule has 0 aliphatic rings. The number of hydrogen-bond acceptors (Lipinski definition) is 5. The fourth-order valence-electron chi connectivity index (χ4n) is 1.22. The molecule has 2 aromatic rings. The third kappa shape index (κ3) is 4.13. The summed E-state index contributed by atoms with van der Waals surface area (Å²) in [6.07, 6.45) is 0. The molecule has 19 heavy (non-hydrogen) atoms. The van der Waals surface area contributed by atoms with Gasteiger partial charge in [-0.3, -0.25) is 4.79 Å². The number of nitrogens with one attached hydrogen (secondary N) is 1. The van der Waals surface area contributed by atoms with E-state index in [4.69, 9.17) is 11.6 Å². The van der Waals surface area contributed by atoms with E-state index in [1.165, 1.54) is 18.2 Å². The van der Waals surface area contributed by atoms with Gasteiger partial charge in [0.05, 0.1) is 0 Å². The molecule has 1 heterocycles. The summed E-state index contributed by atoms with van der Waals surface area (Å²) in [5.74, 6) is 0. The van der Waals surface area contributed by atoms with Gasteiger partial charge >= 0.3 is 5.51 Å².